The molecule has 3 atom stereocenters. The number of H-pyrrole nitrogens is 2. The molecule has 0 aliphatic rings. The number of ether oxygens (including phenoxy) is 2. The van der Waals surface area contributed by atoms with Crippen molar-refractivity contribution in [3.63, 3.8) is 0 Å². The summed E-state index contributed by atoms with van der Waals surface area (Å²) < 4.78 is 10.4. The van der Waals surface area contributed by atoms with E-state index in [0.717, 1.165) is 33.3 Å². The van der Waals surface area contributed by atoms with Crippen molar-refractivity contribution in [2.24, 2.45) is 5.73 Å². The molecule has 0 bridgehead atoms. The van der Waals surface area contributed by atoms with E-state index in [9.17, 15) is 29.1 Å². The number of nitrogens with zero attached hydrogens (tertiary/aromatic N) is 1. The van der Waals surface area contributed by atoms with Crippen LogP contribution in [0.4, 0.5) is 0 Å². The second kappa shape index (κ2) is 23.2. The molecule has 0 aliphatic heterocycles. The first-order valence-electron chi connectivity index (χ1n) is 16.9. The Bertz CT molecular complexity index is 1920. The number of primary amides is 1. The summed E-state index contributed by atoms with van der Waals surface area (Å²) >= 11 is 0. The van der Waals surface area contributed by atoms with Crippen molar-refractivity contribution >= 4 is 41.1 Å². The van der Waals surface area contributed by atoms with Crippen LogP contribution in [-0.2, 0) is 54.7 Å². The number of aromatic amines is 2. The number of carboxylic acids is 3. The number of carbonyl (C=O) groups excluding carboxylic acids is 2. The highest BCUT2D eigenvalue weighted by molar-refractivity contribution is 5.84. The van der Waals surface area contributed by atoms with E-state index >= 15 is 0 Å². The molecule has 17 heteroatoms. The van der Waals surface area contributed by atoms with Gasteiger partial charge in [-0.25, -0.2) is 9.78 Å². The monoisotopic (exact) mass is 759 g/mol. The third-order valence-corrected chi connectivity index (χ3v) is 7.89. The molecule has 0 aliphatic carbocycles. The van der Waals surface area contributed by atoms with Crippen LogP contribution >= 0.6 is 0 Å². The minimum absolute atomic E-state index is 0.0408. The molecule has 55 heavy (non-hydrogen) atoms. The molecule has 292 valence electrons. The number of aromatic nitrogens is 3. The molecule has 2 amide bonds. The van der Waals surface area contributed by atoms with Crippen molar-refractivity contribution in [1.82, 2.24) is 30.9 Å². The highest BCUT2D eigenvalue weighted by Gasteiger charge is 2.20. The maximum atomic E-state index is 11.6. The second-order valence-electron chi connectivity index (χ2n) is 11.9. The van der Waals surface area contributed by atoms with Crippen molar-refractivity contribution in [3.8, 4) is 5.75 Å². The van der Waals surface area contributed by atoms with Crippen LogP contribution in [0.5, 0.6) is 5.75 Å². The molecular formula is C38H45N7O10. The van der Waals surface area contributed by atoms with E-state index in [-0.39, 0.29) is 19.6 Å². The number of nitrogens with one attached hydrogen (secondary N) is 5. The number of para-hydroxylation sites is 1. The number of rotatable bonds is 20. The lowest BCUT2D eigenvalue weighted by molar-refractivity contribution is -0.142. The summed E-state index contributed by atoms with van der Waals surface area (Å²) in [5, 5.41) is 35.9. The lowest BCUT2D eigenvalue weighted by Gasteiger charge is -2.14. The van der Waals surface area contributed by atoms with Gasteiger partial charge in [0.15, 0.2) is 0 Å². The number of hydrogen-bond donors (Lipinski definition) is 9. The van der Waals surface area contributed by atoms with Crippen LogP contribution < -0.4 is 26.4 Å². The molecule has 10 N–H and O–H groups in total. The van der Waals surface area contributed by atoms with Crippen LogP contribution in [-0.4, -0.2) is 92.5 Å². The van der Waals surface area contributed by atoms with Crippen molar-refractivity contribution in [3.05, 3.63) is 120 Å². The molecule has 2 aromatic heterocycles. The molecule has 0 radical (unpaired) electrons. The van der Waals surface area contributed by atoms with Crippen LogP contribution in [0, 0.1) is 0 Å². The van der Waals surface area contributed by atoms with Gasteiger partial charge in [-0.15, -0.1) is 0 Å². The Labute approximate surface area is 316 Å². The normalized spacial score (nSPS) is 12.1. The highest BCUT2D eigenvalue weighted by atomic mass is 16.5. The van der Waals surface area contributed by atoms with Gasteiger partial charge in [0.1, 0.15) is 23.9 Å². The number of benzene rings is 3. The first-order valence-corrected chi connectivity index (χ1v) is 16.9. The minimum atomic E-state index is -1.13. The number of amides is 2. The van der Waals surface area contributed by atoms with Crippen LogP contribution in [0.3, 0.4) is 0 Å². The quantitative estimate of drug-likeness (QED) is 0.0313. The number of methoxy groups -OCH3 is 1. The van der Waals surface area contributed by atoms with Crippen LogP contribution in [0.1, 0.15) is 28.8 Å². The summed E-state index contributed by atoms with van der Waals surface area (Å²) in [6.45, 7) is 0.902. The molecule has 0 fully saturated rings. The third kappa shape index (κ3) is 15.5. The van der Waals surface area contributed by atoms with Gasteiger partial charge in [-0.3, -0.25) is 24.5 Å². The van der Waals surface area contributed by atoms with Crippen molar-refractivity contribution in [2.45, 2.75) is 50.5 Å². The van der Waals surface area contributed by atoms with Crippen molar-refractivity contribution < 1.29 is 48.8 Å². The predicted molar refractivity (Wildman–Crippen MR) is 201 cm³/mol. The van der Waals surface area contributed by atoms with E-state index in [1.807, 2.05) is 85.1 Å². The van der Waals surface area contributed by atoms with E-state index < -0.39 is 41.9 Å². The SMILES string of the molecule is COc1ccc(CNC(Cc2c[nH]c3ccccc23)C(=O)O)cc1.NC(=O)CC(NCOCc1ccccc1)C(=O)O.O=CNC(Cc1c[nH]cn1)C(=O)O. The van der Waals surface area contributed by atoms with Gasteiger partial charge in [-0.05, 0) is 34.9 Å². The molecule has 0 spiro atoms. The average Bonchev–Trinajstić information content (AvgIpc) is 3.85. The number of fused-ring (bicyclic) bond motifs is 1. The van der Waals surface area contributed by atoms with E-state index in [0.29, 0.717) is 31.7 Å². The average molecular weight is 760 g/mol. The summed E-state index contributed by atoms with van der Waals surface area (Å²) in [5.74, 6) is -2.94. The molecule has 0 saturated carbocycles. The Morgan fingerprint density at radius 2 is 1.49 bits per heavy atom. The van der Waals surface area contributed by atoms with E-state index in [2.05, 4.69) is 30.9 Å². The molecule has 3 unspecified atom stereocenters. The third-order valence-electron chi connectivity index (χ3n) is 7.89. The van der Waals surface area contributed by atoms with Gasteiger partial charge in [-0.2, -0.15) is 0 Å². The standard InChI is InChI=1S/C19H20N2O3.C12H16N2O4.C7H9N3O3/c1-24-15-8-6-13(7-9-15)11-20-18(19(22)23)10-14-12-21-17-5-3-2-4-16(14)17;13-11(15)6-10(12(16)17)14-8-18-7-9-4-2-1-3-5-9;11-4-10-6(7(12)13)1-5-2-8-3-9-5/h2-9,12,18,20-21H,10-11H2,1H3,(H,22,23);1-5,10,14H,6-8H2,(H2,13,15)(H,16,17);2-4,6H,1H2,(H,8,9)(H,10,11)(H,12,13). The summed E-state index contributed by atoms with van der Waals surface area (Å²) in [5.41, 5.74) is 9.56. The number of carboxylic acid groups (broad SMARTS) is 3. The Kier molecular flexibility index (Phi) is 18.1. The topological polar surface area (TPSA) is 271 Å². The fourth-order valence-corrected chi connectivity index (χ4v) is 5.01. The molecule has 0 saturated heterocycles. The van der Waals surface area contributed by atoms with E-state index in [4.69, 9.17) is 25.4 Å². The van der Waals surface area contributed by atoms with Gasteiger partial charge in [0.05, 0.1) is 38.9 Å². The van der Waals surface area contributed by atoms with E-state index in [1.54, 1.807) is 13.3 Å². The Morgan fingerprint density at radius 3 is 2.09 bits per heavy atom. The number of imidazole rings is 1. The van der Waals surface area contributed by atoms with Gasteiger partial charge in [0.2, 0.25) is 12.3 Å². The second-order valence-corrected chi connectivity index (χ2v) is 11.9. The lowest BCUT2D eigenvalue weighted by atomic mass is 10.0. The van der Waals surface area contributed by atoms with Gasteiger partial charge >= 0.3 is 17.9 Å². The largest absolute Gasteiger partial charge is 0.497 e. The minimum Gasteiger partial charge on any atom is -0.497 e. The number of aliphatic carboxylic acids is 3. The Balaban J connectivity index is 0.000000233. The smallest absolute Gasteiger partial charge is 0.326 e. The first-order chi connectivity index (χ1) is 26.5. The molecule has 3 aromatic carbocycles. The van der Waals surface area contributed by atoms with Gasteiger partial charge < -0.3 is 51.1 Å². The predicted octanol–water partition coefficient (Wildman–Crippen LogP) is 2.19. The van der Waals surface area contributed by atoms with E-state index in [1.165, 1.54) is 6.33 Å². The molecule has 17 nitrogen and oxygen atoms in total. The van der Waals surface area contributed by atoms with Crippen LogP contribution in [0.25, 0.3) is 10.9 Å². The van der Waals surface area contributed by atoms with Gasteiger partial charge in [-0.1, -0.05) is 60.7 Å². The Hall–Kier alpha value is -6.56. The van der Waals surface area contributed by atoms with Crippen molar-refractivity contribution in [2.75, 3.05) is 13.8 Å². The highest BCUT2D eigenvalue weighted by Crippen LogP contribution is 2.19. The molecular weight excluding hydrogens is 714 g/mol. The summed E-state index contributed by atoms with van der Waals surface area (Å²) in [6.07, 6.45) is 5.63. The first kappa shape index (κ1) is 42.8. The molecule has 2 heterocycles. The zero-order chi connectivity index (χ0) is 40.0. The number of carbonyl (C=O) groups is 5. The van der Waals surface area contributed by atoms with Gasteiger partial charge in [0.25, 0.3) is 0 Å². The summed E-state index contributed by atoms with van der Waals surface area (Å²) in [4.78, 5) is 63.3. The van der Waals surface area contributed by atoms with Gasteiger partial charge in [0, 0.05) is 42.7 Å². The maximum absolute atomic E-state index is 11.6. The molecule has 5 aromatic rings. The number of nitrogens with two attached hydrogens (primary N) is 1. The maximum Gasteiger partial charge on any atom is 0.326 e. The fourth-order valence-electron chi connectivity index (χ4n) is 5.01. The van der Waals surface area contributed by atoms with Crippen LogP contribution in [0.15, 0.2) is 97.6 Å². The zero-order valence-electron chi connectivity index (χ0n) is 30.0. The van der Waals surface area contributed by atoms with Crippen molar-refractivity contribution in [1.29, 1.82) is 0 Å². The zero-order valence-corrected chi connectivity index (χ0v) is 30.0. The summed E-state index contributed by atoms with van der Waals surface area (Å²) in [6, 6.07) is 22.4. The Morgan fingerprint density at radius 1 is 0.818 bits per heavy atom. The molecule has 5 rings (SSSR count). The van der Waals surface area contributed by atoms with Crippen LogP contribution in [0.2, 0.25) is 0 Å². The number of hydrogen-bond acceptors (Lipinski definition) is 10. The summed E-state index contributed by atoms with van der Waals surface area (Å²) in [7, 11) is 1.62. The lowest BCUT2D eigenvalue weighted by Crippen LogP contribution is -2.41. The fraction of sp³-hybridized carbons (Fsp3) is 0.263.